The highest BCUT2D eigenvalue weighted by molar-refractivity contribution is 5.67. The van der Waals surface area contributed by atoms with Crippen molar-refractivity contribution in [2.24, 2.45) is 4.99 Å². The first-order valence-corrected chi connectivity index (χ1v) is 4.26. The number of aromatic hydroxyl groups is 1. The lowest BCUT2D eigenvalue weighted by molar-refractivity contribution is 0.471. The van der Waals surface area contributed by atoms with Crippen LogP contribution < -0.4 is 0 Å². The predicted molar refractivity (Wildman–Crippen MR) is 56.3 cm³/mol. The van der Waals surface area contributed by atoms with Gasteiger partial charge in [0.1, 0.15) is 11.4 Å². The van der Waals surface area contributed by atoms with Gasteiger partial charge in [-0.15, -0.1) is 0 Å². The van der Waals surface area contributed by atoms with E-state index in [1.54, 1.807) is 0 Å². The molecule has 0 aliphatic heterocycles. The Morgan fingerprint density at radius 3 is 1.85 bits per heavy atom. The van der Waals surface area contributed by atoms with E-state index in [2.05, 4.69) is 11.7 Å². The Balaban J connectivity index is 3.66. The molecule has 1 aromatic rings. The minimum atomic E-state index is 0.260. The van der Waals surface area contributed by atoms with E-state index in [1.807, 2.05) is 27.7 Å². The minimum Gasteiger partial charge on any atom is -0.505 e. The van der Waals surface area contributed by atoms with Crippen LogP contribution >= 0.6 is 0 Å². The number of benzene rings is 1. The monoisotopic (exact) mass is 177 g/mol. The fourth-order valence-corrected chi connectivity index (χ4v) is 1.47. The summed E-state index contributed by atoms with van der Waals surface area (Å²) < 4.78 is 0. The minimum absolute atomic E-state index is 0.260. The first kappa shape index (κ1) is 9.78. The Kier molecular flexibility index (Phi) is 2.41. The number of aliphatic imine (C=N–C) groups is 1. The van der Waals surface area contributed by atoms with Gasteiger partial charge >= 0.3 is 0 Å². The van der Waals surface area contributed by atoms with Gasteiger partial charge in [-0.1, -0.05) is 0 Å². The molecule has 0 spiro atoms. The Bertz CT molecular complexity index is 338. The average Bonchev–Trinajstić information content (AvgIpc) is 2.13. The van der Waals surface area contributed by atoms with E-state index in [4.69, 9.17) is 0 Å². The molecule has 0 amide bonds. The third kappa shape index (κ3) is 1.32. The number of hydrogen-bond donors (Lipinski definition) is 1. The third-order valence-electron chi connectivity index (χ3n) is 2.78. The molecule has 0 unspecified atom stereocenters. The van der Waals surface area contributed by atoms with Crippen LogP contribution in [0.1, 0.15) is 22.3 Å². The molecule has 0 aliphatic carbocycles. The lowest BCUT2D eigenvalue weighted by Crippen LogP contribution is -1.92. The maximum atomic E-state index is 9.75. The van der Waals surface area contributed by atoms with Gasteiger partial charge in [0.15, 0.2) is 0 Å². The van der Waals surface area contributed by atoms with E-state index in [9.17, 15) is 5.11 Å². The lowest BCUT2D eigenvalue weighted by Gasteiger charge is -2.13. The third-order valence-corrected chi connectivity index (χ3v) is 2.78. The normalized spacial score (nSPS) is 10.2. The predicted octanol–water partition coefficient (Wildman–Crippen LogP) is 2.96. The molecule has 1 rings (SSSR count). The van der Waals surface area contributed by atoms with Crippen molar-refractivity contribution in [2.75, 3.05) is 0 Å². The molecule has 0 aliphatic rings. The number of hydrogen-bond acceptors (Lipinski definition) is 2. The van der Waals surface area contributed by atoms with Crippen LogP contribution in [0.2, 0.25) is 0 Å². The molecule has 0 saturated carbocycles. The molecule has 13 heavy (non-hydrogen) atoms. The topological polar surface area (TPSA) is 32.6 Å². The molecule has 0 saturated heterocycles. The molecule has 2 heteroatoms. The van der Waals surface area contributed by atoms with E-state index >= 15 is 0 Å². The zero-order valence-corrected chi connectivity index (χ0v) is 8.60. The zero-order valence-electron chi connectivity index (χ0n) is 8.60. The van der Waals surface area contributed by atoms with Crippen molar-refractivity contribution in [2.45, 2.75) is 27.7 Å². The number of phenolic OH excluding ortho intramolecular Hbond substituents is 1. The van der Waals surface area contributed by atoms with Crippen LogP contribution in [-0.2, 0) is 0 Å². The van der Waals surface area contributed by atoms with Crippen LogP contribution in [0.25, 0.3) is 0 Å². The van der Waals surface area contributed by atoms with Gasteiger partial charge in [0.05, 0.1) is 0 Å². The highest BCUT2D eigenvalue weighted by atomic mass is 16.3. The standard InChI is InChI=1S/C11H15NO/c1-6-7(2)9(4)11(13)10(12-5)8(6)3/h13H,5H2,1-4H3. The number of nitrogens with zero attached hydrogens (tertiary/aromatic N) is 1. The van der Waals surface area contributed by atoms with Crippen molar-refractivity contribution in [3.05, 3.63) is 22.3 Å². The van der Waals surface area contributed by atoms with Crippen LogP contribution in [0.4, 0.5) is 5.69 Å². The zero-order chi connectivity index (χ0) is 10.2. The largest absolute Gasteiger partial charge is 0.505 e. The molecule has 0 bridgehead atoms. The second-order valence-electron chi connectivity index (χ2n) is 3.36. The van der Waals surface area contributed by atoms with E-state index in [-0.39, 0.29) is 5.75 Å². The van der Waals surface area contributed by atoms with Crippen molar-refractivity contribution in [3.8, 4) is 5.75 Å². The van der Waals surface area contributed by atoms with Crippen molar-refractivity contribution in [1.29, 1.82) is 0 Å². The maximum absolute atomic E-state index is 9.75. The highest BCUT2D eigenvalue weighted by Crippen LogP contribution is 2.37. The van der Waals surface area contributed by atoms with Gasteiger partial charge in [-0.2, -0.15) is 0 Å². The van der Waals surface area contributed by atoms with E-state index in [0.29, 0.717) is 5.69 Å². The first-order chi connectivity index (χ1) is 6.00. The lowest BCUT2D eigenvalue weighted by atomic mass is 9.97. The molecular weight excluding hydrogens is 162 g/mol. The van der Waals surface area contributed by atoms with Crippen molar-refractivity contribution in [3.63, 3.8) is 0 Å². The Morgan fingerprint density at radius 2 is 1.38 bits per heavy atom. The summed E-state index contributed by atoms with van der Waals surface area (Å²) in [6.07, 6.45) is 0. The molecular formula is C11H15NO. The summed E-state index contributed by atoms with van der Waals surface area (Å²) in [7, 11) is 0. The molecule has 0 atom stereocenters. The van der Waals surface area contributed by atoms with Gasteiger partial charge in [-0.3, -0.25) is 4.99 Å². The Morgan fingerprint density at radius 1 is 0.923 bits per heavy atom. The quantitative estimate of drug-likeness (QED) is 0.657. The average molecular weight is 177 g/mol. The fraction of sp³-hybridized carbons (Fsp3) is 0.364. The van der Waals surface area contributed by atoms with Crippen LogP contribution in [0.15, 0.2) is 4.99 Å². The molecule has 0 heterocycles. The van der Waals surface area contributed by atoms with Crippen molar-refractivity contribution >= 4 is 12.4 Å². The van der Waals surface area contributed by atoms with Crippen LogP contribution in [0, 0.1) is 27.7 Å². The first-order valence-electron chi connectivity index (χ1n) is 4.26. The van der Waals surface area contributed by atoms with Crippen LogP contribution in [0.5, 0.6) is 5.75 Å². The SMILES string of the molecule is C=Nc1c(C)c(C)c(C)c(C)c1O. The van der Waals surface area contributed by atoms with Crippen molar-refractivity contribution < 1.29 is 5.11 Å². The summed E-state index contributed by atoms with van der Waals surface area (Å²) in [6.45, 7) is 11.3. The summed E-state index contributed by atoms with van der Waals surface area (Å²) in [5.41, 5.74) is 4.82. The van der Waals surface area contributed by atoms with Crippen molar-refractivity contribution in [1.82, 2.24) is 0 Å². The molecule has 1 aromatic carbocycles. The Labute approximate surface area is 78.9 Å². The molecule has 2 nitrogen and oxygen atoms in total. The smallest absolute Gasteiger partial charge is 0.144 e. The van der Waals surface area contributed by atoms with Gasteiger partial charge in [0.25, 0.3) is 0 Å². The summed E-state index contributed by atoms with van der Waals surface area (Å²) in [5.74, 6) is 0.260. The Hall–Kier alpha value is -1.31. The number of phenols is 1. The highest BCUT2D eigenvalue weighted by Gasteiger charge is 2.12. The summed E-state index contributed by atoms with van der Waals surface area (Å²) in [4.78, 5) is 3.83. The fourth-order valence-electron chi connectivity index (χ4n) is 1.47. The van der Waals surface area contributed by atoms with E-state index in [1.165, 1.54) is 5.56 Å². The second kappa shape index (κ2) is 3.21. The van der Waals surface area contributed by atoms with Crippen LogP contribution in [0.3, 0.4) is 0 Å². The van der Waals surface area contributed by atoms with Gasteiger partial charge in [-0.05, 0) is 56.7 Å². The van der Waals surface area contributed by atoms with Gasteiger partial charge < -0.3 is 5.11 Å². The summed E-state index contributed by atoms with van der Waals surface area (Å²) in [6, 6.07) is 0. The molecule has 0 aromatic heterocycles. The summed E-state index contributed by atoms with van der Waals surface area (Å²) >= 11 is 0. The molecule has 70 valence electrons. The maximum Gasteiger partial charge on any atom is 0.144 e. The van der Waals surface area contributed by atoms with Gasteiger partial charge in [0.2, 0.25) is 0 Å². The summed E-state index contributed by atoms with van der Waals surface area (Å²) in [5, 5.41) is 9.75. The second-order valence-corrected chi connectivity index (χ2v) is 3.36. The van der Waals surface area contributed by atoms with Gasteiger partial charge in [0, 0.05) is 0 Å². The molecule has 1 N–H and O–H groups in total. The van der Waals surface area contributed by atoms with E-state index < -0.39 is 0 Å². The van der Waals surface area contributed by atoms with Gasteiger partial charge in [-0.25, -0.2) is 0 Å². The van der Waals surface area contributed by atoms with Crippen LogP contribution in [-0.4, -0.2) is 11.8 Å². The molecule has 0 radical (unpaired) electrons. The molecule has 0 fully saturated rings. The number of rotatable bonds is 1. The van der Waals surface area contributed by atoms with E-state index in [0.717, 1.165) is 16.7 Å².